The fourth-order valence-corrected chi connectivity index (χ4v) is 4.05. The first-order chi connectivity index (χ1) is 14.6. The van der Waals surface area contributed by atoms with Crippen LogP contribution in [0.5, 0.6) is 5.75 Å². The molecule has 0 radical (unpaired) electrons. The van der Waals surface area contributed by atoms with Crippen molar-refractivity contribution in [1.82, 2.24) is 4.98 Å². The molecule has 0 spiro atoms. The summed E-state index contributed by atoms with van der Waals surface area (Å²) in [4.78, 5) is 18.0. The van der Waals surface area contributed by atoms with E-state index in [2.05, 4.69) is 10.3 Å². The average molecular weight is 439 g/mol. The number of carbonyl (C=O) groups is 1. The molecule has 0 saturated carbocycles. The predicted octanol–water partition coefficient (Wildman–Crippen LogP) is 6.12. The number of rotatable bonds is 7. The van der Waals surface area contributed by atoms with E-state index in [1.807, 2.05) is 61.5 Å². The number of aromatic nitrogens is 1. The van der Waals surface area contributed by atoms with Crippen molar-refractivity contribution in [1.29, 1.82) is 0 Å². The quantitative estimate of drug-likeness (QED) is 0.377. The molecule has 0 aliphatic heterocycles. The number of para-hydroxylation sites is 1. The van der Waals surface area contributed by atoms with Crippen molar-refractivity contribution in [2.45, 2.75) is 20.0 Å². The fourth-order valence-electron chi connectivity index (χ4n) is 2.87. The predicted molar refractivity (Wildman–Crippen MR) is 119 cm³/mol. The zero-order valence-corrected chi connectivity index (χ0v) is 17.8. The highest BCUT2D eigenvalue weighted by Gasteiger charge is 2.16. The summed E-state index contributed by atoms with van der Waals surface area (Å²) in [6.07, 6.45) is 0.667. The zero-order chi connectivity index (χ0) is 20.9. The van der Waals surface area contributed by atoms with Crippen LogP contribution in [0.3, 0.4) is 0 Å². The number of nitrogens with one attached hydrogen (secondary N) is 1. The van der Waals surface area contributed by atoms with Crippen molar-refractivity contribution >= 4 is 34.0 Å². The van der Waals surface area contributed by atoms with Gasteiger partial charge in [-0.15, -0.1) is 11.3 Å². The third kappa shape index (κ3) is 4.90. The Balaban J connectivity index is 1.38. The van der Waals surface area contributed by atoms with Gasteiger partial charge in [0.2, 0.25) is 0 Å². The number of thiazole rings is 1. The van der Waals surface area contributed by atoms with Crippen LogP contribution in [-0.4, -0.2) is 10.9 Å². The van der Waals surface area contributed by atoms with E-state index in [4.69, 9.17) is 20.8 Å². The van der Waals surface area contributed by atoms with E-state index in [1.54, 1.807) is 12.1 Å². The molecule has 0 saturated heterocycles. The van der Waals surface area contributed by atoms with Crippen molar-refractivity contribution in [2.75, 3.05) is 5.32 Å². The molecule has 2 aromatic heterocycles. The minimum atomic E-state index is -0.348. The summed E-state index contributed by atoms with van der Waals surface area (Å²) in [6.45, 7) is 2.17. The number of hydrogen-bond donors (Lipinski definition) is 1. The summed E-state index contributed by atoms with van der Waals surface area (Å²) in [5.74, 6) is 1.17. The average Bonchev–Trinajstić information content (AvgIpc) is 3.36. The molecule has 4 rings (SSSR count). The Morgan fingerprint density at radius 2 is 1.87 bits per heavy atom. The van der Waals surface area contributed by atoms with Crippen LogP contribution in [0.4, 0.5) is 5.13 Å². The van der Waals surface area contributed by atoms with Crippen molar-refractivity contribution in [2.24, 2.45) is 0 Å². The Hall–Kier alpha value is -3.09. The molecule has 1 amide bonds. The van der Waals surface area contributed by atoms with Gasteiger partial charge < -0.3 is 9.15 Å². The van der Waals surface area contributed by atoms with Gasteiger partial charge in [-0.05, 0) is 42.8 Å². The maximum Gasteiger partial charge on any atom is 0.293 e. The minimum Gasteiger partial charge on any atom is -0.486 e. The van der Waals surface area contributed by atoms with Crippen molar-refractivity contribution in [3.8, 4) is 5.75 Å². The van der Waals surface area contributed by atoms with E-state index in [1.165, 1.54) is 11.3 Å². The third-order valence-electron chi connectivity index (χ3n) is 4.43. The highest BCUT2D eigenvalue weighted by atomic mass is 35.5. The molecule has 0 bridgehead atoms. The van der Waals surface area contributed by atoms with E-state index in [9.17, 15) is 4.79 Å². The Morgan fingerprint density at radius 3 is 2.67 bits per heavy atom. The number of nitrogens with zero attached hydrogens (tertiary/aromatic N) is 1. The second-order valence-electron chi connectivity index (χ2n) is 6.62. The third-order valence-corrected chi connectivity index (χ3v) is 5.87. The van der Waals surface area contributed by atoms with Crippen LogP contribution in [0.25, 0.3) is 0 Å². The van der Waals surface area contributed by atoms with Crippen LogP contribution in [-0.2, 0) is 13.0 Å². The largest absolute Gasteiger partial charge is 0.486 e. The van der Waals surface area contributed by atoms with Gasteiger partial charge in [-0.2, -0.15) is 0 Å². The number of furan rings is 1. The molecular weight excluding hydrogens is 420 g/mol. The van der Waals surface area contributed by atoms with Gasteiger partial charge in [0.25, 0.3) is 5.91 Å². The number of benzene rings is 2. The lowest BCUT2D eigenvalue weighted by molar-refractivity contribution is 0.0992. The Morgan fingerprint density at radius 1 is 1.10 bits per heavy atom. The SMILES string of the molecule is Cc1nc(NC(=O)c2ccc(COc3ccccc3)o2)sc1Cc1ccccc1Cl. The molecule has 4 aromatic rings. The summed E-state index contributed by atoms with van der Waals surface area (Å²) >= 11 is 7.69. The molecule has 1 N–H and O–H groups in total. The summed E-state index contributed by atoms with van der Waals surface area (Å²) < 4.78 is 11.3. The monoisotopic (exact) mass is 438 g/mol. The van der Waals surface area contributed by atoms with Crippen LogP contribution in [0, 0.1) is 6.92 Å². The van der Waals surface area contributed by atoms with Gasteiger partial charge in [0.05, 0.1) is 5.69 Å². The van der Waals surface area contributed by atoms with Gasteiger partial charge in [0.15, 0.2) is 10.9 Å². The normalized spacial score (nSPS) is 10.7. The maximum atomic E-state index is 12.5. The summed E-state index contributed by atoms with van der Waals surface area (Å²) in [6, 6.07) is 20.5. The Labute approximate surface area is 183 Å². The fraction of sp³-hybridized carbons (Fsp3) is 0.130. The molecule has 7 heteroatoms. The van der Waals surface area contributed by atoms with Crippen LogP contribution < -0.4 is 10.1 Å². The van der Waals surface area contributed by atoms with Crippen LogP contribution in [0.1, 0.15) is 32.4 Å². The van der Waals surface area contributed by atoms with Gasteiger partial charge in [-0.1, -0.05) is 48.0 Å². The Kier molecular flexibility index (Phi) is 6.16. The molecule has 0 fully saturated rings. The van der Waals surface area contributed by atoms with E-state index in [0.29, 0.717) is 17.3 Å². The van der Waals surface area contributed by atoms with Crippen molar-refractivity contribution < 1.29 is 13.9 Å². The Bertz CT molecular complexity index is 1150. The zero-order valence-electron chi connectivity index (χ0n) is 16.2. The summed E-state index contributed by atoms with van der Waals surface area (Å²) in [5.41, 5.74) is 1.89. The van der Waals surface area contributed by atoms with Gasteiger partial charge >= 0.3 is 0 Å². The topological polar surface area (TPSA) is 64.4 Å². The highest BCUT2D eigenvalue weighted by Crippen LogP contribution is 2.28. The number of carbonyl (C=O) groups excluding carboxylic acids is 1. The number of ether oxygens (including phenoxy) is 1. The summed E-state index contributed by atoms with van der Waals surface area (Å²) in [5, 5.41) is 4.05. The van der Waals surface area contributed by atoms with E-state index >= 15 is 0 Å². The van der Waals surface area contributed by atoms with Gasteiger partial charge in [0.1, 0.15) is 18.1 Å². The van der Waals surface area contributed by atoms with Gasteiger partial charge in [-0.3, -0.25) is 10.1 Å². The molecule has 0 aliphatic carbocycles. The number of anilines is 1. The number of hydrogen-bond acceptors (Lipinski definition) is 5. The highest BCUT2D eigenvalue weighted by molar-refractivity contribution is 7.15. The van der Waals surface area contributed by atoms with Crippen LogP contribution >= 0.6 is 22.9 Å². The molecule has 5 nitrogen and oxygen atoms in total. The first-order valence-corrected chi connectivity index (χ1v) is 10.6. The van der Waals surface area contributed by atoms with Crippen LogP contribution in [0.2, 0.25) is 5.02 Å². The minimum absolute atomic E-state index is 0.210. The number of amides is 1. The standard InChI is InChI=1S/C23H19ClN2O3S/c1-15-21(13-16-7-5-6-10-19(16)24)30-23(25-15)26-22(27)20-12-11-18(29-20)14-28-17-8-3-2-4-9-17/h2-12H,13-14H2,1H3,(H,25,26,27). The smallest absolute Gasteiger partial charge is 0.293 e. The maximum absolute atomic E-state index is 12.5. The lowest BCUT2D eigenvalue weighted by atomic mass is 10.1. The summed E-state index contributed by atoms with van der Waals surface area (Å²) in [7, 11) is 0. The second-order valence-corrected chi connectivity index (χ2v) is 8.11. The van der Waals surface area contributed by atoms with Gasteiger partial charge in [-0.25, -0.2) is 4.98 Å². The van der Waals surface area contributed by atoms with E-state index < -0.39 is 0 Å². The lowest BCUT2D eigenvalue weighted by Gasteiger charge is -2.03. The number of aryl methyl sites for hydroxylation is 1. The first-order valence-electron chi connectivity index (χ1n) is 9.36. The van der Waals surface area contributed by atoms with Crippen LogP contribution in [0.15, 0.2) is 71.1 Å². The molecule has 2 aromatic carbocycles. The number of halogens is 1. The van der Waals surface area contributed by atoms with Crippen molar-refractivity contribution in [3.63, 3.8) is 0 Å². The molecule has 0 unspecified atom stereocenters. The second kappa shape index (κ2) is 9.15. The molecule has 30 heavy (non-hydrogen) atoms. The van der Waals surface area contributed by atoms with Gasteiger partial charge in [0, 0.05) is 16.3 Å². The van der Waals surface area contributed by atoms with E-state index in [-0.39, 0.29) is 18.3 Å². The molecule has 2 heterocycles. The lowest BCUT2D eigenvalue weighted by Crippen LogP contribution is -2.10. The van der Waals surface area contributed by atoms with E-state index in [0.717, 1.165) is 26.9 Å². The molecule has 0 aliphatic rings. The van der Waals surface area contributed by atoms with Crippen molar-refractivity contribution in [3.05, 3.63) is 99.4 Å². The first kappa shape index (κ1) is 20.2. The molecular formula is C23H19ClN2O3S. The molecule has 0 atom stereocenters. The molecule has 152 valence electrons.